The van der Waals surface area contributed by atoms with Crippen molar-refractivity contribution in [1.82, 2.24) is 4.98 Å². The molecule has 6 heteroatoms. The molecule has 1 atom stereocenters. The van der Waals surface area contributed by atoms with Crippen LogP contribution in [0.15, 0.2) is 40.0 Å². The Morgan fingerprint density at radius 3 is 2.96 bits per heavy atom. The first-order chi connectivity index (χ1) is 12.5. The standard InChI is InChI=1S/C20H19ClN2O2S/c1-10-8-12(3-2-11(10)4-6-22)16-15(24)9-14(21)18-17(16)13-5-7-26-19(13)20(25)23-18/h2-3,5,7,9-10,24H,4,6,8,22H2,1H3,(H,23,25). The predicted octanol–water partition coefficient (Wildman–Crippen LogP) is 4.80. The first-order valence-corrected chi connectivity index (χ1v) is 9.81. The van der Waals surface area contributed by atoms with E-state index in [2.05, 4.69) is 24.1 Å². The van der Waals surface area contributed by atoms with Crippen LogP contribution in [-0.2, 0) is 0 Å². The summed E-state index contributed by atoms with van der Waals surface area (Å²) < 4.78 is 0.643. The van der Waals surface area contributed by atoms with Crippen molar-refractivity contribution in [3.8, 4) is 5.75 Å². The monoisotopic (exact) mass is 386 g/mol. The largest absolute Gasteiger partial charge is 0.507 e. The summed E-state index contributed by atoms with van der Waals surface area (Å²) in [6.07, 6.45) is 5.84. The number of fused-ring (bicyclic) bond motifs is 3. The lowest BCUT2D eigenvalue weighted by molar-refractivity contribution is 0.474. The summed E-state index contributed by atoms with van der Waals surface area (Å²) in [6, 6.07) is 3.43. The second kappa shape index (κ2) is 6.58. The molecule has 1 aliphatic carbocycles. The number of aromatic nitrogens is 1. The van der Waals surface area contributed by atoms with Gasteiger partial charge in [0.25, 0.3) is 5.56 Å². The van der Waals surface area contributed by atoms with Crippen LogP contribution in [0.1, 0.15) is 25.3 Å². The maximum Gasteiger partial charge on any atom is 0.266 e. The van der Waals surface area contributed by atoms with Gasteiger partial charge in [-0.1, -0.05) is 36.2 Å². The quantitative estimate of drug-likeness (QED) is 0.604. The Kier molecular flexibility index (Phi) is 4.39. The lowest BCUT2D eigenvalue weighted by Crippen LogP contribution is -2.11. The number of hydrogen-bond acceptors (Lipinski definition) is 4. The van der Waals surface area contributed by atoms with Crippen LogP contribution in [0.5, 0.6) is 5.75 Å². The SMILES string of the molecule is CC1CC(c2c(O)cc(Cl)c3[nH]c(=O)c4sccc4c23)=CC=C1CCN. The van der Waals surface area contributed by atoms with E-state index in [1.165, 1.54) is 23.0 Å². The molecule has 0 radical (unpaired) electrons. The van der Waals surface area contributed by atoms with Gasteiger partial charge in [-0.05, 0) is 42.3 Å². The van der Waals surface area contributed by atoms with Crippen LogP contribution >= 0.6 is 22.9 Å². The topological polar surface area (TPSA) is 79.1 Å². The molecule has 4 N–H and O–H groups in total. The summed E-state index contributed by atoms with van der Waals surface area (Å²) in [5, 5.41) is 14.6. The zero-order valence-electron chi connectivity index (χ0n) is 14.3. The second-order valence-corrected chi connectivity index (χ2v) is 8.02. The van der Waals surface area contributed by atoms with Gasteiger partial charge in [0.2, 0.25) is 0 Å². The molecule has 4 nitrogen and oxygen atoms in total. The summed E-state index contributed by atoms with van der Waals surface area (Å²) in [4.78, 5) is 15.2. The Hall–Kier alpha value is -2.08. The van der Waals surface area contributed by atoms with Gasteiger partial charge in [0.05, 0.1) is 10.5 Å². The number of thiophene rings is 1. The molecule has 134 valence electrons. The van der Waals surface area contributed by atoms with Crippen LogP contribution in [0.4, 0.5) is 0 Å². The molecule has 0 saturated carbocycles. The number of halogens is 1. The molecule has 0 saturated heterocycles. The van der Waals surface area contributed by atoms with E-state index in [9.17, 15) is 9.90 Å². The van der Waals surface area contributed by atoms with Crippen LogP contribution in [0.3, 0.4) is 0 Å². The van der Waals surface area contributed by atoms with Crippen molar-refractivity contribution < 1.29 is 5.11 Å². The number of nitrogens with one attached hydrogen (secondary N) is 1. The summed E-state index contributed by atoms with van der Waals surface area (Å²) in [5.41, 5.74) is 9.22. The molecule has 0 spiro atoms. The molecular formula is C20H19ClN2O2S. The lowest BCUT2D eigenvalue weighted by atomic mass is 9.82. The van der Waals surface area contributed by atoms with Gasteiger partial charge in [-0.15, -0.1) is 11.3 Å². The van der Waals surface area contributed by atoms with E-state index in [1.807, 2.05) is 11.4 Å². The van der Waals surface area contributed by atoms with E-state index in [4.69, 9.17) is 17.3 Å². The van der Waals surface area contributed by atoms with Gasteiger partial charge < -0.3 is 15.8 Å². The third-order valence-corrected chi connectivity index (χ3v) is 6.26. The van der Waals surface area contributed by atoms with E-state index in [0.29, 0.717) is 27.7 Å². The Labute approximate surface area is 159 Å². The fourth-order valence-electron chi connectivity index (χ4n) is 3.79. The van der Waals surface area contributed by atoms with Crippen LogP contribution in [0.2, 0.25) is 5.02 Å². The highest BCUT2D eigenvalue weighted by Gasteiger charge is 2.23. The number of allylic oxidation sites excluding steroid dienone is 3. The number of nitrogens with two attached hydrogens (primary N) is 1. The maximum atomic E-state index is 12.3. The van der Waals surface area contributed by atoms with Gasteiger partial charge in [-0.2, -0.15) is 0 Å². The predicted molar refractivity (Wildman–Crippen MR) is 110 cm³/mol. The Morgan fingerprint density at radius 1 is 1.42 bits per heavy atom. The number of phenolic OH excluding ortho intramolecular Hbond substituents is 1. The molecular weight excluding hydrogens is 368 g/mol. The molecule has 0 aliphatic heterocycles. The number of rotatable bonds is 3. The molecule has 1 aromatic carbocycles. The molecule has 4 rings (SSSR count). The van der Waals surface area contributed by atoms with Crippen molar-refractivity contribution in [2.24, 2.45) is 11.7 Å². The number of H-pyrrole nitrogens is 1. The van der Waals surface area contributed by atoms with E-state index in [-0.39, 0.29) is 11.3 Å². The third-order valence-electron chi connectivity index (χ3n) is 5.05. The molecule has 2 aromatic heterocycles. The van der Waals surface area contributed by atoms with Crippen molar-refractivity contribution in [3.05, 3.63) is 56.2 Å². The zero-order valence-corrected chi connectivity index (χ0v) is 15.9. The van der Waals surface area contributed by atoms with Crippen molar-refractivity contribution in [3.63, 3.8) is 0 Å². The van der Waals surface area contributed by atoms with Gasteiger partial charge in [0.15, 0.2) is 0 Å². The molecule has 3 aromatic rings. The number of phenols is 1. The van der Waals surface area contributed by atoms with Crippen LogP contribution in [0, 0.1) is 5.92 Å². The highest BCUT2D eigenvalue weighted by Crippen LogP contribution is 2.44. The van der Waals surface area contributed by atoms with Gasteiger partial charge >= 0.3 is 0 Å². The fourth-order valence-corrected chi connectivity index (χ4v) is 4.83. The van der Waals surface area contributed by atoms with Crippen molar-refractivity contribution in [1.29, 1.82) is 0 Å². The van der Waals surface area contributed by atoms with Gasteiger partial charge in [-0.25, -0.2) is 0 Å². The molecule has 0 bridgehead atoms. The van der Waals surface area contributed by atoms with Crippen LogP contribution in [0.25, 0.3) is 26.6 Å². The lowest BCUT2D eigenvalue weighted by Gasteiger charge is -2.23. The van der Waals surface area contributed by atoms with Crippen LogP contribution in [-0.4, -0.2) is 16.6 Å². The van der Waals surface area contributed by atoms with Gasteiger partial charge in [0, 0.05) is 22.4 Å². The number of aromatic hydroxyl groups is 1. The molecule has 1 aliphatic rings. The number of benzene rings is 1. The summed E-state index contributed by atoms with van der Waals surface area (Å²) in [7, 11) is 0. The third kappa shape index (κ3) is 2.67. The minimum absolute atomic E-state index is 0.135. The highest BCUT2D eigenvalue weighted by atomic mass is 35.5. The summed E-state index contributed by atoms with van der Waals surface area (Å²) in [6.45, 7) is 2.80. The highest BCUT2D eigenvalue weighted by molar-refractivity contribution is 7.17. The summed E-state index contributed by atoms with van der Waals surface area (Å²) >= 11 is 7.72. The average molecular weight is 387 g/mol. The smallest absolute Gasteiger partial charge is 0.266 e. The molecule has 2 heterocycles. The molecule has 1 unspecified atom stereocenters. The van der Waals surface area contributed by atoms with Crippen molar-refractivity contribution in [2.45, 2.75) is 19.8 Å². The van der Waals surface area contributed by atoms with Crippen molar-refractivity contribution in [2.75, 3.05) is 6.54 Å². The second-order valence-electron chi connectivity index (χ2n) is 6.70. The normalized spacial score (nSPS) is 17.6. The maximum absolute atomic E-state index is 12.3. The first-order valence-electron chi connectivity index (χ1n) is 8.56. The Bertz CT molecular complexity index is 1140. The van der Waals surface area contributed by atoms with Crippen molar-refractivity contribution >= 4 is 49.5 Å². The van der Waals surface area contributed by atoms with E-state index >= 15 is 0 Å². The van der Waals surface area contributed by atoms with E-state index < -0.39 is 0 Å². The number of hydrogen-bond donors (Lipinski definition) is 3. The number of aromatic amines is 1. The summed E-state index contributed by atoms with van der Waals surface area (Å²) in [5.74, 6) is 0.487. The molecule has 0 amide bonds. The zero-order chi connectivity index (χ0) is 18.4. The molecule has 26 heavy (non-hydrogen) atoms. The first kappa shape index (κ1) is 17.3. The number of pyridine rings is 1. The Morgan fingerprint density at radius 2 is 2.23 bits per heavy atom. The Balaban J connectivity index is 2.05. The van der Waals surface area contributed by atoms with Gasteiger partial charge in [-0.3, -0.25) is 4.79 Å². The average Bonchev–Trinajstić information content (AvgIpc) is 3.09. The minimum atomic E-state index is -0.155. The van der Waals surface area contributed by atoms with E-state index in [0.717, 1.165) is 34.8 Å². The van der Waals surface area contributed by atoms with Crippen LogP contribution < -0.4 is 11.3 Å². The van der Waals surface area contributed by atoms with E-state index in [1.54, 1.807) is 0 Å². The molecule has 0 fully saturated rings. The van der Waals surface area contributed by atoms with Gasteiger partial charge in [0.1, 0.15) is 10.4 Å². The minimum Gasteiger partial charge on any atom is -0.507 e. The fraction of sp³-hybridized carbons (Fsp3) is 0.250.